The van der Waals surface area contributed by atoms with Crippen LogP contribution in [0.15, 0.2) is 60.0 Å². The average Bonchev–Trinajstić information content (AvgIpc) is 2.26. The molecule has 0 saturated heterocycles. The molecule has 2 rings (SSSR count). The third kappa shape index (κ3) is 3.12. The van der Waals surface area contributed by atoms with Gasteiger partial charge in [-0.05, 0) is 16.8 Å². The van der Waals surface area contributed by atoms with E-state index in [1.54, 1.807) is 0 Å². The third-order valence-corrected chi connectivity index (χ3v) is 3.18. The van der Waals surface area contributed by atoms with Crippen LogP contribution in [-0.4, -0.2) is 5.75 Å². The van der Waals surface area contributed by atoms with Crippen molar-refractivity contribution >= 4 is 22.5 Å². The predicted molar refractivity (Wildman–Crippen MR) is 66.0 cm³/mol. The molecule has 0 unspecified atom stereocenters. The maximum absolute atomic E-state index is 3.73. The Kier molecular flexibility index (Phi) is 5.48. The Balaban J connectivity index is 0.00000112. The molecule has 0 fully saturated rings. The maximum Gasteiger partial charge on any atom is 1.00 e. The van der Waals surface area contributed by atoms with Gasteiger partial charge in [0.15, 0.2) is 0 Å². The van der Waals surface area contributed by atoms with Crippen LogP contribution in [0, 0.1) is 0 Å². The van der Waals surface area contributed by atoms with E-state index < -0.39 is 0 Å². The Morgan fingerprint density at radius 2 is 1.87 bits per heavy atom. The van der Waals surface area contributed by atoms with Crippen molar-refractivity contribution in [1.82, 2.24) is 0 Å². The summed E-state index contributed by atoms with van der Waals surface area (Å²) in [7, 11) is 0. The first-order chi connectivity index (χ1) is 6.92. The van der Waals surface area contributed by atoms with Crippen molar-refractivity contribution in [1.29, 1.82) is 0 Å². The molecule has 0 saturated carbocycles. The smallest absolute Gasteiger partial charge is 1.00 e. The molecule has 0 amide bonds. The molecule has 2 aromatic rings. The van der Waals surface area contributed by atoms with Gasteiger partial charge in [0.1, 0.15) is 0 Å². The van der Waals surface area contributed by atoms with Crippen LogP contribution in [0.25, 0.3) is 10.8 Å². The standard InChI is InChI=1S/C13H12S.Na.H/c1-2-10-14-13-9-5-7-11-6-3-4-8-12(11)13;;/h2-9H,1,10H2;;/q;+1;-1. The Labute approximate surface area is 119 Å². The van der Waals surface area contributed by atoms with E-state index in [0.29, 0.717) is 0 Å². The van der Waals surface area contributed by atoms with Gasteiger partial charge in [0.05, 0.1) is 0 Å². The Morgan fingerprint density at radius 3 is 2.67 bits per heavy atom. The summed E-state index contributed by atoms with van der Waals surface area (Å²) in [6.07, 6.45) is 1.94. The van der Waals surface area contributed by atoms with E-state index in [4.69, 9.17) is 0 Å². The third-order valence-electron chi connectivity index (χ3n) is 2.11. The van der Waals surface area contributed by atoms with E-state index in [-0.39, 0.29) is 31.0 Å². The molecule has 0 aliphatic heterocycles. The molecule has 0 aliphatic rings. The molecule has 0 aromatic heterocycles. The van der Waals surface area contributed by atoms with Crippen molar-refractivity contribution in [2.75, 3.05) is 5.75 Å². The largest absolute Gasteiger partial charge is 1.00 e. The molecule has 2 aromatic carbocycles. The van der Waals surface area contributed by atoms with Gasteiger partial charge in [-0.1, -0.05) is 42.5 Å². The van der Waals surface area contributed by atoms with Gasteiger partial charge in [-0.3, -0.25) is 0 Å². The van der Waals surface area contributed by atoms with E-state index in [0.717, 1.165) is 5.75 Å². The predicted octanol–water partition coefficient (Wildman–Crippen LogP) is 1.23. The average molecular weight is 224 g/mol. The molecule has 0 atom stereocenters. The first-order valence-corrected chi connectivity index (χ1v) is 5.62. The summed E-state index contributed by atoms with van der Waals surface area (Å²) < 4.78 is 0. The van der Waals surface area contributed by atoms with Crippen LogP contribution in [0.4, 0.5) is 0 Å². The quantitative estimate of drug-likeness (QED) is 0.429. The van der Waals surface area contributed by atoms with Crippen LogP contribution in [0.5, 0.6) is 0 Å². The van der Waals surface area contributed by atoms with Gasteiger partial charge in [0, 0.05) is 10.6 Å². The molecule has 0 nitrogen and oxygen atoms in total. The van der Waals surface area contributed by atoms with Crippen LogP contribution in [0.1, 0.15) is 1.43 Å². The van der Waals surface area contributed by atoms with E-state index in [9.17, 15) is 0 Å². The second-order valence-electron chi connectivity index (χ2n) is 3.08. The Bertz CT molecular complexity index is 451. The molecule has 72 valence electrons. The van der Waals surface area contributed by atoms with Crippen LogP contribution >= 0.6 is 11.8 Å². The van der Waals surface area contributed by atoms with Crippen LogP contribution in [0.2, 0.25) is 0 Å². The zero-order chi connectivity index (χ0) is 9.80. The summed E-state index contributed by atoms with van der Waals surface area (Å²) in [6, 6.07) is 14.9. The second kappa shape index (κ2) is 6.39. The molecule has 0 radical (unpaired) electrons. The molecule has 0 spiro atoms. The van der Waals surface area contributed by atoms with Crippen molar-refractivity contribution in [3.05, 3.63) is 55.1 Å². The summed E-state index contributed by atoms with van der Waals surface area (Å²) in [6.45, 7) is 3.73. The molecule has 0 aliphatic carbocycles. The number of fused-ring (bicyclic) bond motifs is 1. The number of hydrogen-bond acceptors (Lipinski definition) is 1. The topological polar surface area (TPSA) is 0 Å². The number of rotatable bonds is 3. The summed E-state index contributed by atoms with van der Waals surface area (Å²) in [5, 5.41) is 2.64. The fourth-order valence-electron chi connectivity index (χ4n) is 1.47. The van der Waals surface area contributed by atoms with E-state index in [2.05, 4.69) is 49.0 Å². The fourth-order valence-corrected chi connectivity index (χ4v) is 2.28. The second-order valence-corrected chi connectivity index (χ2v) is 4.14. The monoisotopic (exact) mass is 224 g/mol. The molecule has 0 bridgehead atoms. The minimum atomic E-state index is 0. The number of hydrogen-bond donors (Lipinski definition) is 0. The first-order valence-electron chi connectivity index (χ1n) is 4.63. The van der Waals surface area contributed by atoms with Gasteiger partial charge < -0.3 is 1.43 Å². The van der Waals surface area contributed by atoms with Crippen molar-refractivity contribution in [2.45, 2.75) is 4.90 Å². The fraction of sp³-hybridized carbons (Fsp3) is 0.0769. The molecule has 15 heavy (non-hydrogen) atoms. The van der Waals surface area contributed by atoms with Crippen LogP contribution in [0.3, 0.4) is 0 Å². The van der Waals surface area contributed by atoms with Gasteiger partial charge in [-0.15, -0.1) is 18.3 Å². The zero-order valence-corrected chi connectivity index (χ0v) is 11.8. The van der Waals surface area contributed by atoms with Gasteiger partial charge in [0.25, 0.3) is 0 Å². The Morgan fingerprint density at radius 1 is 1.13 bits per heavy atom. The summed E-state index contributed by atoms with van der Waals surface area (Å²) in [5.74, 6) is 0.966. The van der Waals surface area contributed by atoms with Crippen LogP contribution in [-0.2, 0) is 0 Å². The minimum absolute atomic E-state index is 0. The van der Waals surface area contributed by atoms with Gasteiger partial charge in [0.2, 0.25) is 0 Å². The summed E-state index contributed by atoms with van der Waals surface area (Å²) >= 11 is 1.83. The van der Waals surface area contributed by atoms with Crippen molar-refractivity contribution in [3.63, 3.8) is 0 Å². The molecule has 0 heterocycles. The SMILES string of the molecule is C=CCSc1cccc2ccccc12.[H-].[Na+]. The van der Waals surface area contributed by atoms with Crippen molar-refractivity contribution in [3.8, 4) is 0 Å². The maximum atomic E-state index is 3.73. The number of thioether (sulfide) groups is 1. The number of benzene rings is 2. The molecular formula is C13H13NaS. The van der Waals surface area contributed by atoms with Gasteiger partial charge >= 0.3 is 29.6 Å². The first kappa shape index (κ1) is 12.9. The minimum Gasteiger partial charge on any atom is -1.00 e. The Hall–Kier alpha value is -0.210. The van der Waals surface area contributed by atoms with E-state index >= 15 is 0 Å². The summed E-state index contributed by atoms with van der Waals surface area (Å²) in [5.41, 5.74) is 0. The van der Waals surface area contributed by atoms with E-state index in [1.165, 1.54) is 15.7 Å². The molecule has 0 N–H and O–H groups in total. The van der Waals surface area contributed by atoms with E-state index in [1.807, 2.05) is 17.8 Å². The van der Waals surface area contributed by atoms with Crippen LogP contribution < -0.4 is 29.6 Å². The molecule has 2 heteroatoms. The normalized spacial score (nSPS) is 9.60. The molecular weight excluding hydrogens is 211 g/mol. The van der Waals surface area contributed by atoms with Crippen molar-refractivity contribution < 1.29 is 31.0 Å². The summed E-state index contributed by atoms with van der Waals surface area (Å²) in [4.78, 5) is 1.34. The van der Waals surface area contributed by atoms with Gasteiger partial charge in [-0.2, -0.15) is 0 Å². The zero-order valence-electron chi connectivity index (χ0n) is 9.94. The van der Waals surface area contributed by atoms with Crippen molar-refractivity contribution in [2.24, 2.45) is 0 Å². The van der Waals surface area contributed by atoms with Gasteiger partial charge in [-0.25, -0.2) is 0 Å².